The summed E-state index contributed by atoms with van der Waals surface area (Å²) in [5, 5.41) is 12.9. The summed E-state index contributed by atoms with van der Waals surface area (Å²) >= 11 is 0. The predicted octanol–water partition coefficient (Wildman–Crippen LogP) is 3.98. The summed E-state index contributed by atoms with van der Waals surface area (Å²) in [7, 11) is 0. The van der Waals surface area contributed by atoms with Crippen LogP contribution in [-0.2, 0) is 0 Å². The number of hydrogen-bond donors (Lipinski definition) is 0. The number of benzene rings is 2. The normalized spacial score (nSPS) is 10.8. The second-order valence-electron chi connectivity index (χ2n) is 4.49. The number of rotatable bonds is 1. The highest BCUT2D eigenvalue weighted by atomic mass is 16.6. The molecule has 0 aliphatic rings. The molecule has 0 aromatic heterocycles. The molecule has 2 aromatic carbocycles. The summed E-state index contributed by atoms with van der Waals surface area (Å²) in [6.07, 6.45) is 0. The van der Waals surface area contributed by atoms with Crippen LogP contribution in [0.2, 0.25) is 0 Å². The van der Waals surface area contributed by atoms with Crippen molar-refractivity contribution in [2.45, 2.75) is 27.7 Å². The van der Waals surface area contributed by atoms with Crippen LogP contribution in [0.3, 0.4) is 0 Å². The molecule has 3 nitrogen and oxygen atoms in total. The average Bonchev–Trinajstić information content (AvgIpc) is 2.32. The number of hydrogen-bond acceptors (Lipinski definition) is 2. The molecule has 2 rings (SSSR count). The topological polar surface area (TPSA) is 43.1 Å². The highest BCUT2D eigenvalue weighted by molar-refractivity contribution is 5.92. The van der Waals surface area contributed by atoms with Crippen molar-refractivity contribution in [1.82, 2.24) is 0 Å². The van der Waals surface area contributed by atoms with Gasteiger partial charge in [0.1, 0.15) is 0 Å². The number of non-ortho nitro benzene ring substituents is 1. The highest BCUT2D eigenvalue weighted by Crippen LogP contribution is 2.31. The van der Waals surface area contributed by atoms with Gasteiger partial charge in [0.15, 0.2) is 0 Å². The van der Waals surface area contributed by atoms with Gasteiger partial charge in [0.25, 0.3) is 5.69 Å². The molecule has 0 saturated carbocycles. The van der Waals surface area contributed by atoms with Crippen LogP contribution in [0, 0.1) is 37.8 Å². The van der Waals surface area contributed by atoms with Crippen LogP contribution in [0.4, 0.5) is 5.69 Å². The first kappa shape index (κ1) is 11.6. The standard InChI is InChI=1S/C14H15NO2/c1-8-9(2)11(4)14-7-12(15(16)17)5-6-13(14)10(8)3/h5-7H,1-4H3. The fourth-order valence-corrected chi connectivity index (χ4v) is 2.25. The molecule has 0 saturated heterocycles. The fourth-order valence-electron chi connectivity index (χ4n) is 2.25. The van der Waals surface area contributed by atoms with Crippen molar-refractivity contribution in [3.63, 3.8) is 0 Å². The second-order valence-corrected chi connectivity index (χ2v) is 4.49. The summed E-state index contributed by atoms with van der Waals surface area (Å²) in [4.78, 5) is 10.5. The van der Waals surface area contributed by atoms with E-state index in [1.807, 2.05) is 13.0 Å². The largest absolute Gasteiger partial charge is 0.270 e. The van der Waals surface area contributed by atoms with Crippen LogP contribution in [0.1, 0.15) is 22.3 Å². The van der Waals surface area contributed by atoms with Crippen molar-refractivity contribution in [2.24, 2.45) is 0 Å². The Bertz CT molecular complexity index is 630. The first-order valence-corrected chi connectivity index (χ1v) is 5.58. The molecule has 0 unspecified atom stereocenters. The van der Waals surface area contributed by atoms with E-state index in [4.69, 9.17) is 0 Å². The molecule has 0 bridgehead atoms. The molecule has 2 aromatic rings. The Labute approximate surface area is 100 Å². The Morgan fingerprint density at radius 1 is 0.882 bits per heavy atom. The van der Waals surface area contributed by atoms with Gasteiger partial charge in [-0.15, -0.1) is 0 Å². The Morgan fingerprint density at radius 2 is 1.41 bits per heavy atom. The third-order valence-electron chi connectivity index (χ3n) is 3.71. The van der Waals surface area contributed by atoms with Crippen LogP contribution in [-0.4, -0.2) is 4.92 Å². The van der Waals surface area contributed by atoms with E-state index >= 15 is 0 Å². The van der Waals surface area contributed by atoms with E-state index in [1.54, 1.807) is 12.1 Å². The summed E-state index contributed by atoms with van der Waals surface area (Å²) in [6.45, 7) is 8.25. The molecule has 0 atom stereocenters. The minimum absolute atomic E-state index is 0.156. The monoisotopic (exact) mass is 229 g/mol. The number of fused-ring (bicyclic) bond motifs is 1. The van der Waals surface area contributed by atoms with Gasteiger partial charge in [-0.3, -0.25) is 10.1 Å². The van der Waals surface area contributed by atoms with Crippen molar-refractivity contribution in [2.75, 3.05) is 0 Å². The maximum atomic E-state index is 10.8. The SMILES string of the molecule is Cc1c(C)c(C)c2cc([N+](=O)[O-])ccc2c1C. The minimum atomic E-state index is -0.344. The summed E-state index contributed by atoms with van der Waals surface area (Å²) in [5.41, 5.74) is 4.98. The van der Waals surface area contributed by atoms with Crippen LogP contribution >= 0.6 is 0 Å². The molecule has 0 amide bonds. The first-order valence-electron chi connectivity index (χ1n) is 5.58. The molecule has 0 aliphatic heterocycles. The molecule has 3 heteroatoms. The van der Waals surface area contributed by atoms with Gasteiger partial charge < -0.3 is 0 Å². The lowest BCUT2D eigenvalue weighted by Crippen LogP contribution is -1.95. The number of nitrogens with zero attached hydrogens (tertiary/aromatic N) is 1. The van der Waals surface area contributed by atoms with Gasteiger partial charge in [-0.25, -0.2) is 0 Å². The van der Waals surface area contributed by atoms with E-state index in [2.05, 4.69) is 20.8 Å². The third kappa shape index (κ3) is 1.68. The minimum Gasteiger partial charge on any atom is -0.258 e. The molecule has 0 N–H and O–H groups in total. The zero-order valence-electron chi connectivity index (χ0n) is 10.5. The Morgan fingerprint density at radius 3 is 1.94 bits per heavy atom. The summed E-state index contributed by atoms with van der Waals surface area (Å²) < 4.78 is 0. The van der Waals surface area contributed by atoms with E-state index < -0.39 is 0 Å². The van der Waals surface area contributed by atoms with Gasteiger partial charge in [-0.2, -0.15) is 0 Å². The van der Waals surface area contributed by atoms with Gasteiger partial charge in [0.05, 0.1) is 4.92 Å². The van der Waals surface area contributed by atoms with Crippen molar-refractivity contribution >= 4 is 16.5 Å². The van der Waals surface area contributed by atoms with Crippen LogP contribution in [0.5, 0.6) is 0 Å². The van der Waals surface area contributed by atoms with Crippen molar-refractivity contribution in [3.8, 4) is 0 Å². The zero-order chi connectivity index (χ0) is 12.7. The Hall–Kier alpha value is -1.90. The van der Waals surface area contributed by atoms with Crippen molar-refractivity contribution < 1.29 is 4.92 Å². The fraction of sp³-hybridized carbons (Fsp3) is 0.286. The Kier molecular flexibility index (Phi) is 2.62. The second kappa shape index (κ2) is 3.84. The van der Waals surface area contributed by atoms with Gasteiger partial charge >= 0.3 is 0 Å². The summed E-state index contributed by atoms with van der Waals surface area (Å²) in [5.74, 6) is 0. The lowest BCUT2D eigenvalue weighted by molar-refractivity contribution is -0.384. The Balaban J connectivity index is 2.91. The summed E-state index contributed by atoms with van der Waals surface area (Å²) in [6, 6.07) is 5.09. The van der Waals surface area contributed by atoms with Crippen molar-refractivity contribution in [3.05, 3.63) is 50.6 Å². The van der Waals surface area contributed by atoms with Gasteiger partial charge in [-0.05, 0) is 66.8 Å². The number of nitro groups is 1. The van der Waals surface area contributed by atoms with Crippen LogP contribution in [0.25, 0.3) is 10.8 Å². The van der Waals surface area contributed by atoms with Gasteiger partial charge in [-0.1, -0.05) is 0 Å². The molecule has 88 valence electrons. The van der Waals surface area contributed by atoms with Crippen LogP contribution < -0.4 is 0 Å². The molecule has 0 radical (unpaired) electrons. The molecule has 0 aliphatic carbocycles. The highest BCUT2D eigenvalue weighted by Gasteiger charge is 2.12. The molecular weight excluding hydrogens is 214 g/mol. The maximum absolute atomic E-state index is 10.8. The van der Waals surface area contributed by atoms with E-state index in [0.29, 0.717) is 0 Å². The van der Waals surface area contributed by atoms with E-state index in [9.17, 15) is 10.1 Å². The quantitative estimate of drug-likeness (QED) is 0.548. The maximum Gasteiger partial charge on any atom is 0.270 e. The van der Waals surface area contributed by atoms with Gasteiger partial charge in [0.2, 0.25) is 0 Å². The van der Waals surface area contributed by atoms with Crippen LogP contribution in [0.15, 0.2) is 18.2 Å². The first-order chi connectivity index (χ1) is 7.93. The lowest BCUT2D eigenvalue weighted by atomic mass is 9.91. The number of aryl methyl sites for hydroxylation is 2. The average molecular weight is 229 g/mol. The van der Waals surface area contributed by atoms with E-state index in [0.717, 1.165) is 16.3 Å². The molecule has 0 spiro atoms. The molecule has 0 heterocycles. The third-order valence-corrected chi connectivity index (χ3v) is 3.71. The van der Waals surface area contributed by atoms with Crippen molar-refractivity contribution in [1.29, 1.82) is 0 Å². The predicted molar refractivity (Wildman–Crippen MR) is 69.6 cm³/mol. The zero-order valence-corrected chi connectivity index (χ0v) is 10.5. The van der Waals surface area contributed by atoms with E-state index in [-0.39, 0.29) is 10.6 Å². The molecule has 0 fully saturated rings. The molecule has 17 heavy (non-hydrogen) atoms. The van der Waals surface area contributed by atoms with E-state index in [1.165, 1.54) is 16.7 Å². The smallest absolute Gasteiger partial charge is 0.258 e. The number of nitro benzene ring substituents is 1. The van der Waals surface area contributed by atoms with Gasteiger partial charge in [0, 0.05) is 12.1 Å². The molecular formula is C14H15NO2. The lowest BCUT2D eigenvalue weighted by Gasteiger charge is -2.13.